The molecule has 0 unspecified atom stereocenters. The van der Waals surface area contributed by atoms with Gasteiger partial charge < -0.3 is 10.3 Å². The molecule has 2 N–H and O–H groups in total. The molecule has 1 heterocycles. The zero-order valence-electron chi connectivity index (χ0n) is 9.41. The molecule has 76 valence electrons. The van der Waals surface area contributed by atoms with Gasteiger partial charge in [0.1, 0.15) is 0 Å². The van der Waals surface area contributed by atoms with Crippen molar-refractivity contribution in [2.24, 2.45) is 0 Å². The monoisotopic (exact) mass is 190 g/mol. The van der Waals surface area contributed by atoms with E-state index in [0.29, 0.717) is 0 Å². The summed E-state index contributed by atoms with van der Waals surface area (Å²) < 4.78 is 0. The number of hydrogen-bond donors (Lipinski definition) is 2. The fourth-order valence-electron chi connectivity index (χ4n) is 1.82. The van der Waals surface area contributed by atoms with Gasteiger partial charge in [-0.15, -0.1) is 0 Å². The Morgan fingerprint density at radius 2 is 1.86 bits per heavy atom. The number of nitrogens with one attached hydrogen (secondary N) is 2. The first-order chi connectivity index (χ1) is 6.49. The van der Waals surface area contributed by atoms with Gasteiger partial charge in [0, 0.05) is 18.3 Å². The molecule has 1 aromatic rings. The predicted octanol–water partition coefficient (Wildman–Crippen LogP) is 2.85. The van der Waals surface area contributed by atoms with E-state index in [1.165, 1.54) is 11.1 Å². The van der Waals surface area contributed by atoms with Crippen LogP contribution in [-0.4, -0.2) is 12.0 Å². The first kappa shape index (κ1) is 10.6. The van der Waals surface area contributed by atoms with Crippen molar-refractivity contribution in [3.63, 3.8) is 0 Å². The molecule has 0 bridgehead atoms. The highest BCUT2D eigenvalue weighted by Gasteiger charge is 2.12. The third-order valence-electron chi connectivity index (χ3n) is 2.47. The Labute approximate surface area is 85.7 Å². The smallest absolute Gasteiger partial charge is 0.0647 e. The summed E-state index contributed by atoms with van der Waals surface area (Å²) >= 11 is 0. The highest BCUT2D eigenvalue weighted by atomic mass is 14.9. The summed E-state index contributed by atoms with van der Waals surface area (Å²) in [5.74, 6) is 0. The van der Waals surface area contributed by atoms with E-state index in [1.54, 1.807) is 0 Å². The van der Waals surface area contributed by atoms with Crippen LogP contribution in [0.3, 0.4) is 0 Å². The van der Waals surface area contributed by atoms with Crippen LogP contribution in [0.15, 0.2) is 13.2 Å². The molecule has 0 radical (unpaired) electrons. The van der Waals surface area contributed by atoms with Gasteiger partial charge in [-0.05, 0) is 31.9 Å². The van der Waals surface area contributed by atoms with E-state index in [9.17, 15) is 0 Å². The number of rotatable bonds is 3. The van der Waals surface area contributed by atoms with Crippen LogP contribution < -0.4 is 5.32 Å². The van der Waals surface area contributed by atoms with Gasteiger partial charge in [-0.3, -0.25) is 0 Å². The van der Waals surface area contributed by atoms with Crippen LogP contribution in [0.25, 0.3) is 11.3 Å². The molecule has 1 rings (SSSR count). The summed E-state index contributed by atoms with van der Waals surface area (Å²) in [5.41, 5.74) is 6.67. The fourth-order valence-corrected chi connectivity index (χ4v) is 1.82. The van der Waals surface area contributed by atoms with E-state index in [0.717, 1.165) is 22.7 Å². The molecule has 0 aliphatic rings. The first-order valence-electron chi connectivity index (χ1n) is 4.71. The quantitative estimate of drug-likeness (QED) is 0.753. The molecule has 0 amide bonds. The van der Waals surface area contributed by atoms with Crippen LogP contribution in [0, 0.1) is 13.8 Å². The standard InChI is InChI=1S/C12H18N2/c1-7(2)11-8(3)12(10(5)13-6)14-9(11)4/h13-14H,1,5H2,2-4,6H3. The topological polar surface area (TPSA) is 27.8 Å². The second-order valence-corrected chi connectivity index (χ2v) is 3.63. The van der Waals surface area contributed by atoms with Gasteiger partial charge in [-0.2, -0.15) is 0 Å². The largest absolute Gasteiger partial charge is 0.387 e. The minimum absolute atomic E-state index is 0.915. The normalized spacial score (nSPS) is 10.0. The maximum Gasteiger partial charge on any atom is 0.0647 e. The van der Waals surface area contributed by atoms with E-state index in [-0.39, 0.29) is 0 Å². The second-order valence-electron chi connectivity index (χ2n) is 3.63. The van der Waals surface area contributed by atoms with Crippen molar-refractivity contribution in [1.82, 2.24) is 10.3 Å². The van der Waals surface area contributed by atoms with Gasteiger partial charge in [0.25, 0.3) is 0 Å². The van der Waals surface area contributed by atoms with E-state index in [4.69, 9.17) is 0 Å². The molecule has 0 aliphatic carbocycles. The Hall–Kier alpha value is -1.44. The lowest BCUT2D eigenvalue weighted by molar-refractivity contribution is 1.09. The van der Waals surface area contributed by atoms with Gasteiger partial charge in [-0.1, -0.05) is 13.2 Å². The lowest BCUT2D eigenvalue weighted by atomic mass is 10.0. The summed E-state index contributed by atoms with van der Waals surface area (Å²) in [6.45, 7) is 14.1. The highest BCUT2D eigenvalue weighted by molar-refractivity contribution is 5.74. The third kappa shape index (κ3) is 1.60. The first-order valence-corrected chi connectivity index (χ1v) is 4.71. The van der Waals surface area contributed by atoms with Gasteiger partial charge in [-0.25, -0.2) is 0 Å². The van der Waals surface area contributed by atoms with Crippen molar-refractivity contribution in [2.45, 2.75) is 20.8 Å². The molecule has 0 atom stereocenters. The molecule has 2 heteroatoms. The zero-order valence-corrected chi connectivity index (χ0v) is 9.41. The maximum absolute atomic E-state index is 3.98. The van der Waals surface area contributed by atoms with Crippen molar-refractivity contribution < 1.29 is 0 Å². The van der Waals surface area contributed by atoms with E-state index in [2.05, 4.69) is 37.3 Å². The second kappa shape index (κ2) is 3.74. The number of aromatic amines is 1. The van der Waals surface area contributed by atoms with Crippen LogP contribution in [-0.2, 0) is 0 Å². The minimum atomic E-state index is 0.915. The number of H-pyrrole nitrogens is 1. The predicted molar refractivity (Wildman–Crippen MR) is 63.1 cm³/mol. The number of allylic oxidation sites excluding steroid dienone is 1. The summed E-state index contributed by atoms with van der Waals surface area (Å²) in [4.78, 5) is 3.32. The lowest BCUT2D eigenvalue weighted by Gasteiger charge is -2.04. The molecule has 0 fully saturated rings. The van der Waals surface area contributed by atoms with Crippen molar-refractivity contribution >= 4 is 11.3 Å². The molecular weight excluding hydrogens is 172 g/mol. The molecule has 0 saturated heterocycles. The van der Waals surface area contributed by atoms with Gasteiger partial charge in [0.2, 0.25) is 0 Å². The van der Waals surface area contributed by atoms with E-state index in [1.807, 2.05) is 14.0 Å². The Bertz CT molecular complexity index is 383. The number of hydrogen-bond acceptors (Lipinski definition) is 1. The van der Waals surface area contributed by atoms with E-state index < -0.39 is 0 Å². The summed E-state index contributed by atoms with van der Waals surface area (Å²) in [6, 6.07) is 0. The van der Waals surface area contributed by atoms with Crippen molar-refractivity contribution in [3.8, 4) is 0 Å². The summed E-state index contributed by atoms with van der Waals surface area (Å²) in [5, 5.41) is 3.05. The molecule has 14 heavy (non-hydrogen) atoms. The van der Waals surface area contributed by atoms with Crippen molar-refractivity contribution in [3.05, 3.63) is 35.7 Å². The Balaban J connectivity index is 3.30. The summed E-state index contributed by atoms with van der Waals surface area (Å²) in [6.07, 6.45) is 0. The van der Waals surface area contributed by atoms with Gasteiger partial charge >= 0.3 is 0 Å². The van der Waals surface area contributed by atoms with E-state index >= 15 is 0 Å². The average Bonchev–Trinajstić information content (AvgIpc) is 2.40. The molecule has 2 nitrogen and oxygen atoms in total. The molecule has 0 spiro atoms. The summed E-state index contributed by atoms with van der Waals surface area (Å²) in [7, 11) is 1.87. The molecule has 0 aliphatic heterocycles. The van der Waals surface area contributed by atoms with Gasteiger partial charge in [0.05, 0.1) is 11.4 Å². The van der Waals surface area contributed by atoms with Crippen LogP contribution in [0.5, 0.6) is 0 Å². The van der Waals surface area contributed by atoms with Crippen molar-refractivity contribution in [1.29, 1.82) is 0 Å². The lowest BCUT2D eigenvalue weighted by Crippen LogP contribution is -2.04. The molecule has 0 saturated carbocycles. The maximum atomic E-state index is 3.98. The molecule has 0 aromatic carbocycles. The Morgan fingerprint density at radius 1 is 1.29 bits per heavy atom. The molecule has 1 aromatic heterocycles. The van der Waals surface area contributed by atoms with Crippen LogP contribution in [0.4, 0.5) is 0 Å². The molecular formula is C12H18N2. The Kier molecular flexibility index (Phi) is 2.84. The van der Waals surface area contributed by atoms with Crippen molar-refractivity contribution in [2.75, 3.05) is 7.05 Å². The number of aryl methyl sites for hydroxylation is 1. The van der Waals surface area contributed by atoms with Crippen LogP contribution >= 0.6 is 0 Å². The zero-order chi connectivity index (χ0) is 10.9. The highest BCUT2D eigenvalue weighted by Crippen LogP contribution is 2.26. The minimum Gasteiger partial charge on any atom is -0.387 e. The van der Waals surface area contributed by atoms with Crippen LogP contribution in [0.1, 0.15) is 29.4 Å². The van der Waals surface area contributed by atoms with Crippen LogP contribution in [0.2, 0.25) is 0 Å². The third-order valence-corrected chi connectivity index (χ3v) is 2.47. The Morgan fingerprint density at radius 3 is 2.21 bits per heavy atom. The van der Waals surface area contributed by atoms with Gasteiger partial charge in [0.15, 0.2) is 0 Å². The number of aromatic nitrogens is 1. The fraction of sp³-hybridized carbons (Fsp3) is 0.333. The average molecular weight is 190 g/mol. The SMILES string of the molecule is C=C(NC)c1[nH]c(C)c(C(=C)C)c1C.